The van der Waals surface area contributed by atoms with Crippen molar-refractivity contribution >= 4 is 40.1 Å². The number of carbonyl (C=O) groups excluding carboxylic acids is 1. The smallest absolute Gasteiger partial charge is 0.417 e. The summed E-state index contributed by atoms with van der Waals surface area (Å²) in [6, 6.07) is 9.02. The van der Waals surface area contributed by atoms with Crippen LogP contribution in [-0.2, 0) is 17.4 Å². The maximum atomic E-state index is 13.1. The Kier molecular flexibility index (Phi) is 6.44. The number of fused-ring (bicyclic) bond motifs is 1. The van der Waals surface area contributed by atoms with Gasteiger partial charge in [0, 0.05) is 28.6 Å². The molecule has 0 radical (unpaired) electrons. The van der Waals surface area contributed by atoms with E-state index >= 15 is 0 Å². The summed E-state index contributed by atoms with van der Waals surface area (Å²) < 4.78 is 50.0. The first-order valence-corrected chi connectivity index (χ1v) is 10.8. The lowest BCUT2D eigenvalue weighted by molar-refractivity contribution is -0.137. The largest absolute Gasteiger partial charge is 0.497 e. The molecular formula is C23H16ClF3N2O3S. The van der Waals surface area contributed by atoms with Crippen molar-refractivity contribution in [2.45, 2.75) is 12.6 Å². The van der Waals surface area contributed by atoms with E-state index in [0.717, 1.165) is 6.07 Å². The summed E-state index contributed by atoms with van der Waals surface area (Å²) in [4.78, 5) is 17.6. The van der Waals surface area contributed by atoms with Crippen LogP contribution in [0.4, 0.5) is 18.3 Å². The average molecular weight is 493 g/mol. The molecule has 0 saturated carbocycles. The monoisotopic (exact) mass is 492 g/mol. The minimum Gasteiger partial charge on any atom is -0.497 e. The van der Waals surface area contributed by atoms with Gasteiger partial charge in [-0.05, 0) is 48.0 Å². The number of ether oxygens (including phenoxy) is 2. The zero-order valence-corrected chi connectivity index (χ0v) is 18.6. The van der Waals surface area contributed by atoms with E-state index < -0.39 is 17.6 Å². The Labute approximate surface area is 196 Å². The van der Waals surface area contributed by atoms with Gasteiger partial charge < -0.3 is 9.47 Å². The molecule has 0 atom stereocenters. The molecule has 170 valence electrons. The highest BCUT2D eigenvalue weighted by atomic mass is 35.5. The molecule has 4 rings (SSSR count). The number of carbonyl (C=O) groups is 1. The standard InChI is InChI=1S/C23H16ClF3N2O3S/c1-31-16-3-5-20-15(11-16)10-14(6-7-32-20)21(30)29-22-28-12-17(33-22)8-13-2-4-19(24)18(9-13)23(25,26)27/h2-7,9-12H,8H2,1H3,(H,28,29,30). The van der Waals surface area contributed by atoms with Crippen molar-refractivity contribution in [3.63, 3.8) is 0 Å². The van der Waals surface area contributed by atoms with E-state index in [2.05, 4.69) is 10.3 Å². The fourth-order valence-corrected chi connectivity index (χ4v) is 4.19. The molecule has 0 aliphatic carbocycles. The molecule has 2 aromatic carbocycles. The second kappa shape index (κ2) is 9.29. The van der Waals surface area contributed by atoms with Gasteiger partial charge >= 0.3 is 6.18 Å². The predicted molar refractivity (Wildman–Crippen MR) is 121 cm³/mol. The minimum absolute atomic E-state index is 0.220. The number of aromatic nitrogens is 1. The molecule has 2 heterocycles. The van der Waals surface area contributed by atoms with Gasteiger partial charge in [-0.15, -0.1) is 11.3 Å². The molecular weight excluding hydrogens is 477 g/mol. The van der Waals surface area contributed by atoms with E-state index in [9.17, 15) is 18.0 Å². The van der Waals surface area contributed by atoms with Gasteiger partial charge in [0.15, 0.2) is 5.13 Å². The molecule has 3 aromatic rings. The van der Waals surface area contributed by atoms with Crippen LogP contribution in [0.3, 0.4) is 0 Å². The summed E-state index contributed by atoms with van der Waals surface area (Å²) in [6.45, 7) is 0. The Morgan fingerprint density at radius 1 is 1.24 bits per heavy atom. The number of nitrogens with one attached hydrogen (secondary N) is 1. The fraction of sp³-hybridized carbons (Fsp3) is 0.130. The number of halogens is 4. The number of hydrogen-bond donors (Lipinski definition) is 1. The summed E-state index contributed by atoms with van der Waals surface area (Å²) in [5.74, 6) is 0.792. The number of alkyl halides is 3. The molecule has 0 saturated heterocycles. The Morgan fingerprint density at radius 2 is 2.06 bits per heavy atom. The average Bonchev–Trinajstić information content (AvgIpc) is 3.08. The molecule has 1 aromatic heterocycles. The van der Waals surface area contributed by atoms with E-state index in [-0.39, 0.29) is 11.4 Å². The van der Waals surface area contributed by atoms with E-state index in [4.69, 9.17) is 21.1 Å². The van der Waals surface area contributed by atoms with Crippen LogP contribution in [0.5, 0.6) is 11.5 Å². The van der Waals surface area contributed by atoms with Crippen LogP contribution in [0.25, 0.3) is 6.08 Å². The molecule has 1 aliphatic heterocycles. The summed E-state index contributed by atoms with van der Waals surface area (Å²) >= 11 is 6.85. The van der Waals surface area contributed by atoms with Crippen LogP contribution >= 0.6 is 22.9 Å². The number of rotatable bonds is 5. The molecule has 33 heavy (non-hydrogen) atoms. The third kappa shape index (κ3) is 5.37. The number of amides is 1. The van der Waals surface area contributed by atoms with Crippen molar-refractivity contribution in [3.05, 3.63) is 87.1 Å². The number of hydrogen-bond acceptors (Lipinski definition) is 5. The molecule has 0 fully saturated rings. The first kappa shape index (κ1) is 22.9. The van der Waals surface area contributed by atoms with Gasteiger partial charge in [-0.3, -0.25) is 10.1 Å². The zero-order chi connectivity index (χ0) is 23.6. The lowest BCUT2D eigenvalue weighted by Gasteiger charge is -2.10. The normalized spacial score (nSPS) is 12.9. The van der Waals surface area contributed by atoms with E-state index in [1.807, 2.05) is 0 Å². The summed E-state index contributed by atoms with van der Waals surface area (Å²) in [5, 5.41) is 2.68. The van der Waals surface area contributed by atoms with Crippen molar-refractivity contribution in [1.29, 1.82) is 0 Å². The van der Waals surface area contributed by atoms with Gasteiger partial charge in [-0.25, -0.2) is 4.98 Å². The number of methoxy groups -OCH3 is 1. The van der Waals surface area contributed by atoms with Crippen LogP contribution in [0.15, 0.2) is 60.5 Å². The predicted octanol–water partition coefficient (Wildman–Crippen LogP) is 6.34. The molecule has 1 N–H and O–H groups in total. The second-order valence-electron chi connectivity index (χ2n) is 7.00. The Hall–Kier alpha value is -3.30. The van der Waals surface area contributed by atoms with E-state index in [1.54, 1.807) is 31.4 Å². The van der Waals surface area contributed by atoms with Gasteiger partial charge in [0.05, 0.1) is 24.0 Å². The topological polar surface area (TPSA) is 60.5 Å². The molecule has 0 spiro atoms. The first-order chi connectivity index (χ1) is 15.7. The zero-order valence-electron chi connectivity index (χ0n) is 17.1. The highest BCUT2D eigenvalue weighted by Gasteiger charge is 2.33. The summed E-state index contributed by atoms with van der Waals surface area (Å²) in [5.41, 5.74) is 0.565. The van der Waals surface area contributed by atoms with Crippen LogP contribution in [0, 0.1) is 0 Å². The van der Waals surface area contributed by atoms with Crippen LogP contribution < -0.4 is 14.8 Å². The highest BCUT2D eigenvalue weighted by Crippen LogP contribution is 2.36. The number of nitrogens with zero attached hydrogens (tertiary/aromatic N) is 1. The van der Waals surface area contributed by atoms with Crippen molar-refractivity contribution in [1.82, 2.24) is 4.98 Å². The van der Waals surface area contributed by atoms with Gasteiger partial charge in [-0.1, -0.05) is 17.7 Å². The number of anilines is 1. The number of thiazole rings is 1. The second-order valence-corrected chi connectivity index (χ2v) is 8.52. The Morgan fingerprint density at radius 3 is 2.82 bits per heavy atom. The lowest BCUT2D eigenvalue weighted by Crippen LogP contribution is -2.12. The van der Waals surface area contributed by atoms with Crippen LogP contribution in [0.1, 0.15) is 21.6 Å². The van der Waals surface area contributed by atoms with Crippen molar-refractivity contribution in [2.24, 2.45) is 0 Å². The quantitative estimate of drug-likeness (QED) is 0.451. The van der Waals surface area contributed by atoms with Gasteiger partial charge in [0.2, 0.25) is 0 Å². The SMILES string of the molecule is COc1ccc2c(c1)C=C(C(=O)Nc1ncc(Cc3ccc(Cl)c(C(F)(F)F)c3)s1)C=CO2. The Bertz CT molecular complexity index is 1270. The summed E-state index contributed by atoms with van der Waals surface area (Å²) in [6.07, 6.45) is 1.81. The maximum Gasteiger partial charge on any atom is 0.417 e. The molecule has 1 amide bonds. The van der Waals surface area contributed by atoms with Gasteiger partial charge in [-0.2, -0.15) is 13.2 Å². The summed E-state index contributed by atoms with van der Waals surface area (Å²) in [7, 11) is 1.54. The molecule has 0 bridgehead atoms. The molecule has 1 aliphatic rings. The van der Waals surface area contributed by atoms with Crippen molar-refractivity contribution < 1.29 is 27.4 Å². The number of benzene rings is 2. The van der Waals surface area contributed by atoms with Crippen LogP contribution in [-0.4, -0.2) is 18.0 Å². The Balaban J connectivity index is 1.49. The minimum atomic E-state index is -4.54. The van der Waals surface area contributed by atoms with Crippen molar-refractivity contribution in [3.8, 4) is 11.5 Å². The van der Waals surface area contributed by atoms with E-state index in [0.29, 0.717) is 38.2 Å². The fourth-order valence-electron chi connectivity index (χ4n) is 3.13. The highest BCUT2D eigenvalue weighted by molar-refractivity contribution is 7.15. The van der Waals surface area contributed by atoms with Crippen molar-refractivity contribution in [2.75, 3.05) is 12.4 Å². The third-order valence-electron chi connectivity index (χ3n) is 4.72. The van der Waals surface area contributed by atoms with Gasteiger partial charge in [0.1, 0.15) is 11.5 Å². The van der Waals surface area contributed by atoms with E-state index in [1.165, 1.54) is 42.0 Å². The molecule has 0 unspecified atom stereocenters. The first-order valence-electron chi connectivity index (χ1n) is 9.57. The maximum absolute atomic E-state index is 13.1. The lowest BCUT2D eigenvalue weighted by atomic mass is 10.1. The molecule has 5 nitrogen and oxygen atoms in total. The van der Waals surface area contributed by atoms with Gasteiger partial charge in [0.25, 0.3) is 5.91 Å². The van der Waals surface area contributed by atoms with Crippen LogP contribution in [0.2, 0.25) is 5.02 Å². The molecule has 10 heteroatoms. The third-order valence-corrected chi connectivity index (χ3v) is 5.96.